The quantitative estimate of drug-likeness (QED) is 0.257. The van der Waals surface area contributed by atoms with Crippen LogP contribution in [0.1, 0.15) is 26.2 Å². The van der Waals surface area contributed by atoms with E-state index in [1.807, 2.05) is 14.0 Å². The van der Waals surface area contributed by atoms with Gasteiger partial charge >= 0.3 is 0 Å². The van der Waals surface area contributed by atoms with Crippen molar-refractivity contribution in [2.24, 2.45) is 10.9 Å². The second-order valence-electron chi connectivity index (χ2n) is 6.22. The molecule has 1 heterocycles. The Balaban J connectivity index is 0.00000312. The number of ether oxygens (including phenoxy) is 1. The van der Waals surface area contributed by atoms with Crippen molar-refractivity contribution in [1.29, 1.82) is 0 Å². The van der Waals surface area contributed by atoms with E-state index in [1.54, 1.807) is 0 Å². The number of guanidine groups is 1. The van der Waals surface area contributed by atoms with Crippen LogP contribution in [0.4, 0.5) is 5.69 Å². The van der Waals surface area contributed by atoms with Gasteiger partial charge in [0.1, 0.15) is 0 Å². The monoisotopic (exact) mass is 460 g/mol. The highest BCUT2D eigenvalue weighted by Crippen LogP contribution is 2.22. The van der Waals surface area contributed by atoms with Crippen LogP contribution in [0.5, 0.6) is 0 Å². The van der Waals surface area contributed by atoms with Gasteiger partial charge in [0.2, 0.25) is 0 Å². The van der Waals surface area contributed by atoms with Crippen LogP contribution in [0, 0.1) is 5.92 Å². The lowest BCUT2D eigenvalue weighted by atomic mass is 10.1. The molecule has 5 nitrogen and oxygen atoms in total. The van der Waals surface area contributed by atoms with Gasteiger partial charge < -0.3 is 20.3 Å². The molecular formula is C19H33IN4O. The van der Waals surface area contributed by atoms with Gasteiger partial charge in [-0.3, -0.25) is 4.99 Å². The lowest BCUT2D eigenvalue weighted by Crippen LogP contribution is -2.40. The van der Waals surface area contributed by atoms with Gasteiger partial charge in [-0.05, 0) is 44.2 Å². The molecule has 142 valence electrons. The van der Waals surface area contributed by atoms with Crippen LogP contribution in [0.3, 0.4) is 0 Å². The third-order valence-electron chi connectivity index (χ3n) is 4.40. The Hall–Kier alpha value is -1.02. The predicted octanol–water partition coefficient (Wildman–Crippen LogP) is 3.11. The Morgan fingerprint density at radius 2 is 2.04 bits per heavy atom. The number of hydrogen-bond acceptors (Lipinski definition) is 3. The summed E-state index contributed by atoms with van der Waals surface area (Å²) in [6.45, 7) is 7.85. The highest BCUT2D eigenvalue weighted by molar-refractivity contribution is 14.0. The van der Waals surface area contributed by atoms with E-state index in [2.05, 4.69) is 50.9 Å². The van der Waals surface area contributed by atoms with Crippen molar-refractivity contribution in [3.63, 3.8) is 0 Å². The highest BCUT2D eigenvalue weighted by Gasteiger charge is 2.22. The molecule has 25 heavy (non-hydrogen) atoms. The summed E-state index contributed by atoms with van der Waals surface area (Å²) in [5, 5.41) is 6.85. The van der Waals surface area contributed by atoms with Gasteiger partial charge in [-0.15, -0.1) is 24.0 Å². The van der Waals surface area contributed by atoms with Crippen LogP contribution >= 0.6 is 24.0 Å². The number of rotatable bonds is 9. The third-order valence-corrected chi connectivity index (χ3v) is 4.40. The van der Waals surface area contributed by atoms with Crippen LogP contribution in [0.25, 0.3) is 0 Å². The minimum Gasteiger partial charge on any atom is -0.382 e. The Morgan fingerprint density at radius 3 is 2.76 bits per heavy atom. The minimum absolute atomic E-state index is 0. The van der Waals surface area contributed by atoms with Crippen molar-refractivity contribution >= 4 is 35.6 Å². The second-order valence-corrected chi connectivity index (χ2v) is 6.22. The zero-order valence-electron chi connectivity index (χ0n) is 15.5. The first-order chi connectivity index (χ1) is 11.8. The molecule has 1 aliphatic heterocycles. The van der Waals surface area contributed by atoms with Gasteiger partial charge in [-0.1, -0.05) is 18.2 Å². The predicted molar refractivity (Wildman–Crippen MR) is 117 cm³/mol. The van der Waals surface area contributed by atoms with Gasteiger partial charge in [-0.25, -0.2) is 0 Å². The molecule has 0 bridgehead atoms. The average molecular weight is 460 g/mol. The maximum atomic E-state index is 5.35. The SMILES string of the molecule is CCOCCCCNC(=NC)NCC1CCN(c2ccccc2)C1.I. The van der Waals surface area contributed by atoms with Crippen LogP contribution in [0.15, 0.2) is 35.3 Å². The van der Waals surface area contributed by atoms with E-state index < -0.39 is 0 Å². The van der Waals surface area contributed by atoms with Gasteiger partial charge in [0.15, 0.2) is 5.96 Å². The first-order valence-electron chi connectivity index (χ1n) is 9.15. The number of anilines is 1. The Bertz CT molecular complexity index is 484. The standard InChI is InChI=1S/C19H32N4O.HI/c1-3-24-14-8-7-12-21-19(20-2)22-15-17-11-13-23(16-17)18-9-5-4-6-10-18;/h4-6,9-10,17H,3,7-8,11-16H2,1-2H3,(H2,20,21,22);1H. The Labute approximate surface area is 169 Å². The zero-order valence-corrected chi connectivity index (χ0v) is 17.9. The fraction of sp³-hybridized carbons (Fsp3) is 0.632. The molecule has 1 aliphatic rings. The summed E-state index contributed by atoms with van der Waals surface area (Å²) in [4.78, 5) is 6.78. The number of hydrogen-bond donors (Lipinski definition) is 2. The van der Waals surface area contributed by atoms with Gasteiger partial charge in [0.05, 0.1) is 0 Å². The molecule has 0 amide bonds. The summed E-state index contributed by atoms with van der Waals surface area (Å²) < 4.78 is 5.35. The van der Waals surface area contributed by atoms with Crippen LogP contribution in [0.2, 0.25) is 0 Å². The van der Waals surface area contributed by atoms with Crippen LogP contribution < -0.4 is 15.5 Å². The maximum absolute atomic E-state index is 5.35. The lowest BCUT2D eigenvalue weighted by Gasteiger charge is -2.19. The number of nitrogens with one attached hydrogen (secondary N) is 2. The third kappa shape index (κ3) is 8.27. The maximum Gasteiger partial charge on any atom is 0.190 e. The molecule has 2 N–H and O–H groups in total. The molecular weight excluding hydrogens is 427 g/mol. The number of para-hydroxylation sites is 1. The molecule has 0 aromatic heterocycles. The number of benzene rings is 1. The molecule has 0 radical (unpaired) electrons. The van der Waals surface area contributed by atoms with E-state index in [1.165, 1.54) is 12.1 Å². The van der Waals surface area contributed by atoms with E-state index in [0.717, 1.165) is 58.2 Å². The summed E-state index contributed by atoms with van der Waals surface area (Å²) in [6, 6.07) is 10.7. The Kier molecular flexibility index (Phi) is 11.6. The normalized spacial score (nSPS) is 17.3. The Morgan fingerprint density at radius 1 is 1.24 bits per heavy atom. The summed E-state index contributed by atoms with van der Waals surface area (Å²) in [5.74, 6) is 1.58. The van der Waals surface area contributed by atoms with Crippen LogP contribution in [-0.2, 0) is 4.74 Å². The highest BCUT2D eigenvalue weighted by atomic mass is 127. The van der Waals surface area contributed by atoms with Crippen molar-refractivity contribution in [3.8, 4) is 0 Å². The van der Waals surface area contributed by atoms with E-state index >= 15 is 0 Å². The summed E-state index contributed by atoms with van der Waals surface area (Å²) >= 11 is 0. The fourth-order valence-electron chi connectivity index (χ4n) is 3.01. The van der Waals surface area contributed by atoms with Crippen molar-refractivity contribution < 1.29 is 4.74 Å². The lowest BCUT2D eigenvalue weighted by molar-refractivity contribution is 0.143. The van der Waals surface area contributed by atoms with E-state index in [-0.39, 0.29) is 24.0 Å². The number of aliphatic imine (C=N–C) groups is 1. The number of nitrogens with zero attached hydrogens (tertiary/aromatic N) is 2. The smallest absolute Gasteiger partial charge is 0.190 e. The van der Waals surface area contributed by atoms with Crippen molar-refractivity contribution in [3.05, 3.63) is 30.3 Å². The average Bonchev–Trinajstić information content (AvgIpc) is 3.10. The summed E-state index contributed by atoms with van der Waals surface area (Å²) in [6.07, 6.45) is 3.42. The summed E-state index contributed by atoms with van der Waals surface area (Å²) in [7, 11) is 1.83. The first kappa shape index (κ1) is 22.0. The van der Waals surface area contributed by atoms with Crippen molar-refractivity contribution in [2.45, 2.75) is 26.2 Å². The molecule has 1 fully saturated rings. The van der Waals surface area contributed by atoms with E-state index in [4.69, 9.17) is 4.74 Å². The molecule has 1 unspecified atom stereocenters. The molecule has 1 aromatic rings. The summed E-state index contributed by atoms with van der Waals surface area (Å²) in [5.41, 5.74) is 1.33. The molecule has 0 spiro atoms. The molecule has 6 heteroatoms. The molecule has 0 aliphatic carbocycles. The minimum atomic E-state index is 0. The molecule has 1 aromatic carbocycles. The zero-order chi connectivity index (χ0) is 17.0. The van der Waals surface area contributed by atoms with E-state index in [9.17, 15) is 0 Å². The number of unbranched alkanes of at least 4 members (excludes halogenated alkanes) is 1. The second kappa shape index (κ2) is 13.2. The van der Waals surface area contributed by atoms with Gasteiger partial charge in [0.25, 0.3) is 0 Å². The molecule has 1 saturated heterocycles. The molecule has 2 rings (SSSR count). The van der Waals surface area contributed by atoms with Crippen molar-refractivity contribution in [2.75, 3.05) is 51.3 Å². The molecule has 0 saturated carbocycles. The first-order valence-corrected chi connectivity index (χ1v) is 9.15. The van der Waals surface area contributed by atoms with E-state index in [0.29, 0.717) is 5.92 Å². The van der Waals surface area contributed by atoms with Gasteiger partial charge in [0, 0.05) is 52.1 Å². The van der Waals surface area contributed by atoms with Gasteiger partial charge in [-0.2, -0.15) is 0 Å². The fourth-order valence-corrected chi connectivity index (χ4v) is 3.01. The largest absolute Gasteiger partial charge is 0.382 e. The number of halogens is 1. The van der Waals surface area contributed by atoms with Crippen LogP contribution in [-0.4, -0.2) is 52.4 Å². The topological polar surface area (TPSA) is 48.9 Å². The molecule has 1 atom stereocenters. The van der Waals surface area contributed by atoms with Crippen molar-refractivity contribution in [1.82, 2.24) is 10.6 Å².